The topological polar surface area (TPSA) is 38.1 Å². The van der Waals surface area contributed by atoms with Crippen LogP contribution >= 0.6 is 0 Å². The van der Waals surface area contributed by atoms with E-state index in [0.717, 1.165) is 28.1 Å². The van der Waals surface area contributed by atoms with Crippen molar-refractivity contribution in [2.75, 3.05) is 12.4 Å². The SMILES string of the molecule is CNc1ccc(-c2cc3cc(C)ccc3o2)cn1. The Hall–Kier alpha value is -2.29. The highest BCUT2D eigenvalue weighted by Crippen LogP contribution is 2.28. The van der Waals surface area contributed by atoms with Gasteiger partial charge < -0.3 is 9.73 Å². The molecule has 0 radical (unpaired) electrons. The Morgan fingerprint density at radius 2 is 2.00 bits per heavy atom. The standard InChI is InChI=1S/C15H14N2O/c1-10-3-5-13-12(7-10)8-14(18-13)11-4-6-15(16-2)17-9-11/h3-9H,1-2H3,(H,16,17). The fraction of sp³-hybridized carbons (Fsp3) is 0.133. The molecule has 0 aliphatic heterocycles. The summed E-state index contributed by atoms with van der Waals surface area (Å²) < 4.78 is 5.82. The number of aromatic nitrogens is 1. The fourth-order valence-corrected chi connectivity index (χ4v) is 1.99. The van der Waals surface area contributed by atoms with Crippen molar-refractivity contribution in [3.05, 3.63) is 48.2 Å². The van der Waals surface area contributed by atoms with Gasteiger partial charge >= 0.3 is 0 Å². The van der Waals surface area contributed by atoms with Gasteiger partial charge in [-0.3, -0.25) is 0 Å². The van der Waals surface area contributed by atoms with E-state index in [0.29, 0.717) is 0 Å². The largest absolute Gasteiger partial charge is 0.456 e. The van der Waals surface area contributed by atoms with Crippen molar-refractivity contribution in [1.82, 2.24) is 4.98 Å². The van der Waals surface area contributed by atoms with Crippen molar-refractivity contribution in [2.45, 2.75) is 6.92 Å². The third kappa shape index (κ3) is 1.84. The molecule has 3 heteroatoms. The average Bonchev–Trinajstić information content (AvgIpc) is 2.81. The van der Waals surface area contributed by atoms with Crippen molar-refractivity contribution >= 4 is 16.8 Å². The Bertz CT molecular complexity index is 683. The Kier molecular flexibility index (Phi) is 2.52. The van der Waals surface area contributed by atoms with Crippen LogP contribution in [-0.2, 0) is 0 Å². The van der Waals surface area contributed by atoms with Crippen LogP contribution in [0.25, 0.3) is 22.3 Å². The van der Waals surface area contributed by atoms with Gasteiger partial charge in [-0.1, -0.05) is 11.6 Å². The van der Waals surface area contributed by atoms with Gasteiger partial charge in [-0.2, -0.15) is 0 Å². The van der Waals surface area contributed by atoms with Crippen molar-refractivity contribution < 1.29 is 4.42 Å². The predicted molar refractivity (Wildman–Crippen MR) is 73.7 cm³/mol. The lowest BCUT2D eigenvalue weighted by molar-refractivity contribution is 0.631. The van der Waals surface area contributed by atoms with Crippen LogP contribution in [0.2, 0.25) is 0 Å². The lowest BCUT2D eigenvalue weighted by Crippen LogP contribution is -1.90. The number of rotatable bonds is 2. The molecule has 1 N–H and O–H groups in total. The molecule has 0 aliphatic rings. The first-order valence-corrected chi connectivity index (χ1v) is 5.90. The van der Waals surface area contributed by atoms with Gasteiger partial charge in [-0.05, 0) is 37.3 Å². The van der Waals surface area contributed by atoms with Gasteiger partial charge in [0.05, 0.1) is 0 Å². The summed E-state index contributed by atoms with van der Waals surface area (Å²) in [5.41, 5.74) is 3.13. The third-order valence-electron chi connectivity index (χ3n) is 2.98. The number of aryl methyl sites for hydroxylation is 1. The molecule has 0 saturated heterocycles. The van der Waals surface area contributed by atoms with Gasteiger partial charge in [0, 0.05) is 24.2 Å². The van der Waals surface area contributed by atoms with Gasteiger partial charge in [0.1, 0.15) is 17.2 Å². The number of nitrogens with one attached hydrogen (secondary N) is 1. The summed E-state index contributed by atoms with van der Waals surface area (Å²) >= 11 is 0. The minimum atomic E-state index is 0.853. The van der Waals surface area contributed by atoms with Gasteiger partial charge in [0.25, 0.3) is 0 Å². The quantitative estimate of drug-likeness (QED) is 0.737. The van der Waals surface area contributed by atoms with Crippen LogP contribution in [-0.4, -0.2) is 12.0 Å². The third-order valence-corrected chi connectivity index (χ3v) is 2.98. The van der Waals surface area contributed by atoms with E-state index in [1.807, 2.05) is 31.4 Å². The zero-order valence-corrected chi connectivity index (χ0v) is 10.4. The molecule has 0 saturated carbocycles. The molecule has 3 aromatic rings. The molecule has 0 atom stereocenters. The summed E-state index contributed by atoms with van der Waals surface area (Å²) in [6.45, 7) is 2.08. The van der Waals surface area contributed by atoms with E-state index in [2.05, 4.69) is 35.4 Å². The van der Waals surface area contributed by atoms with Gasteiger partial charge in [0.2, 0.25) is 0 Å². The van der Waals surface area contributed by atoms with Crippen molar-refractivity contribution in [3.63, 3.8) is 0 Å². The molecule has 0 aliphatic carbocycles. The molecular weight excluding hydrogens is 224 g/mol. The van der Waals surface area contributed by atoms with E-state index in [1.165, 1.54) is 5.56 Å². The molecule has 0 amide bonds. The molecule has 2 heterocycles. The molecule has 2 aromatic heterocycles. The molecule has 3 rings (SSSR count). The van der Waals surface area contributed by atoms with Crippen molar-refractivity contribution in [3.8, 4) is 11.3 Å². The van der Waals surface area contributed by atoms with E-state index in [9.17, 15) is 0 Å². The highest BCUT2D eigenvalue weighted by Gasteiger charge is 2.06. The molecule has 0 fully saturated rings. The highest BCUT2D eigenvalue weighted by atomic mass is 16.3. The van der Waals surface area contributed by atoms with Gasteiger partial charge in [0.15, 0.2) is 0 Å². The second-order valence-corrected chi connectivity index (χ2v) is 4.33. The van der Waals surface area contributed by atoms with E-state index in [4.69, 9.17) is 4.42 Å². The average molecular weight is 238 g/mol. The van der Waals surface area contributed by atoms with E-state index in [1.54, 1.807) is 0 Å². The van der Waals surface area contributed by atoms with E-state index < -0.39 is 0 Å². The van der Waals surface area contributed by atoms with E-state index >= 15 is 0 Å². The predicted octanol–water partition coefficient (Wildman–Crippen LogP) is 3.84. The number of hydrogen-bond acceptors (Lipinski definition) is 3. The minimum absolute atomic E-state index is 0.853. The molecule has 1 aromatic carbocycles. The number of benzene rings is 1. The first-order valence-electron chi connectivity index (χ1n) is 5.90. The highest BCUT2D eigenvalue weighted by molar-refractivity contribution is 5.83. The van der Waals surface area contributed by atoms with Crippen LogP contribution < -0.4 is 5.32 Å². The molecule has 0 bridgehead atoms. The van der Waals surface area contributed by atoms with Crippen LogP contribution in [0.1, 0.15) is 5.56 Å². The van der Waals surface area contributed by atoms with Crippen LogP contribution in [0, 0.1) is 6.92 Å². The summed E-state index contributed by atoms with van der Waals surface area (Å²) in [6.07, 6.45) is 1.82. The number of fused-ring (bicyclic) bond motifs is 1. The molecule has 0 unspecified atom stereocenters. The number of pyridine rings is 1. The van der Waals surface area contributed by atoms with Crippen LogP contribution in [0.5, 0.6) is 0 Å². The molecule has 3 nitrogen and oxygen atoms in total. The first-order chi connectivity index (χ1) is 8.76. The number of anilines is 1. The Balaban J connectivity index is 2.07. The number of hydrogen-bond donors (Lipinski definition) is 1. The summed E-state index contributed by atoms with van der Waals surface area (Å²) in [7, 11) is 1.85. The first kappa shape index (κ1) is 10.8. The summed E-state index contributed by atoms with van der Waals surface area (Å²) in [5, 5.41) is 4.13. The lowest BCUT2D eigenvalue weighted by Gasteiger charge is -1.99. The monoisotopic (exact) mass is 238 g/mol. The maximum Gasteiger partial charge on any atom is 0.136 e. The lowest BCUT2D eigenvalue weighted by atomic mass is 10.1. The Morgan fingerprint density at radius 3 is 2.72 bits per heavy atom. The number of furan rings is 1. The number of nitrogens with zero attached hydrogens (tertiary/aromatic N) is 1. The molecule has 0 spiro atoms. The van der Waals surface area contributed by atoms with Crippen LogP contribution in [0.15, 0.2) is 47.0 Å². The second kappa shape index (κ2) is 4.18. The van der Waals surface area contributed by atoms with E-state index in [-0.39, 0.29) is 0 Å². The van der Waals surface area contributed by atoms with Crippen molar-refractivity contribution in [2.24, 2.45) is 0 Å². The molecular formula is C15H14N2O. The zero-order chi connectivity index (χ0) is 12.5. The van der Waals surface area contributed by atoms with Crippen LogP contribution in [0.3, 0.4) is 0 Å². The Labute approximate surface area is 105 Å². The van der Waals surface area contributed by atoms with Crippen LogP contribution in [0.4, 0.5) is 5.82 Å². The molecule has 18 heavy (non-hydrogen) atoms. The summed E-state index contributed by atoms with van der Waals surface area (Å²) in [4.78, 5) is 4.29. The smallest absolute Gasteiger partial charge is 0.136 e. The maximum absolute atomic E-state index is 5.82. The molecule has 90 valence electrons. The normalized spacial score (nSPS) is 10.8. The Morgan fingerprint density at radius 1 is 1.11 bits per heavy atom. The minimum Gasteiger partial charge on any atom is -0.456 e. The van der Waals surface area contributed by atoms with Crippen molar-refractivity contribution in [1.29, 1.82) is 0 Å². The maximum atomic E-state index is 5.82. The van der Waals surface area contributed by atoms with Gasteiger partial charge in [-0.15, -0.1) is 0 Å². The summed E-state index contributed by atoms with van der Waals surface area (Å²) in [6, 6.07) is 12.2. The zero-order valence-electron chi connectivity index (χ0n) is 10.4. The fourth-order valence-electron chi connectivity index (χ4n) is 1.99. The summed E-state index contributed by atoms with van der Waals surface area (Å²) in [5.74, 6) is 1.71. The second-order valence-electron chi connectivity index (χ2n) is 4.33. The van der Waals surface area contributed by atoms with Gasteiger partial charge in [-0.25, -0.2) is 4.98 Å².